The van der Waals surface area contributed by atoms with Crippen molar-refractivity contribution >= 4 is 11.6 Å². The molecular formula is C19H17FN4O2. The number of hydrogen-bond donors (Lipinski definition) is 0. The highest BCUT2D eigenvalue weighted by Crippen LogP contribution is 2.34. The molecule has 3 aromatic rings. The van der Waals surface area contributed by atoms with Gasteiger partial charge in [0.15, 0.2) is 5.69 Å². The van der Waals surface area contributed by atoms with Gasteiger partial charge in [0.1, 0.15) is 18.2 Å². The van der Waals surface area contributed by atoms with Crippen molar-refractivity contribution in [3.05, 3.63) is 65.7 Å². The number of ether oxygens (including phenoxy) is 1. The van der Waals surface area contributed by atoms with E-state index in [0.29, 0.717) is 29.3 Å². The van der Waals surface area contributed by atoms with Crippen molar-refractivity contribution < 1.29 is 13.9 Å². The summed E-state index contributed by atoms with van der Waals surface area (Å²) in [5.41, 5.74) is 2.31. The second-order valence-electron chi connectivity index (χ2n) is 6.28. The number of nitrogens with zero attached hydrogens (tertiary/aromatic N) is 4. The molecule has 0 bridgehead atoms. The van der Waals surface area contributed by atoms with E-state index < -0.39 is 0 Å². The standard InChI is InChI=1S/C19H17FN4O2/c1-12-9-14(20)7-8-16(12)23-10-15(21-22-23)19(25)24-13(2)11-26-18-6-4-3-5-17(18)24/h3-10,13H,11H2,1-2H3. The number of carbonyl (C=O) groups is 1. The molecule has 0 spiro atoms. The molecule has 0 N–H and O–H groups in total. The van der Waals surface area contributed by atoms with Crippen molar-refractivity contribution in [3.63, 3.8) is 0 Å². The lowest BCUT2D eigenvalue weighted by molar-refractivity contribution is 0.0956. The van der Waals surface area contributed by atoms with Crippen LogP contribution in [0.15, 0.2) is 48.7 Å². The number of carbonyl (C=O) groups excluding carboxylic acids is 1. The number of para-hydroxylation sites is 2. The SMILES string of the molecule is Cc1cc(F)ccc1-n1cc(C(=O)N2c3ccccc3OCC2C)nn1. The molecule has 1 aromatic heterocycles. The Hall–Kier alpha value is -3.22. The molecule has 0 radical (unpaired) electrons. The van der Waals surface area contributed by atoms with Gasteiger partial charge in [0, 0.05) is 0 Å². The molecule has 2 aromatic carbocycles. The van der Waals surface area contributed by atoms with Crippen molar-refractivity contribution in [1.29, 1.82) is 0 Å². The van der Waals surface area contributed by atoms with Crippen LogP contribution < -0.4 is 9.64 Å². The Morgan fingerprint density at radius 2 is 2.04 bits per heavy atom. The van der Waals surface area contributed by atoms with Crippen molar-refractivity contribution in [2.45, 2.75) is 19.9 Å². The van der Waals surface area contributed by atoms with Crippen LogP contribution in [0.2, 0.25) is 0 Å². The normalized spacial score (nSPS) is 16.1. The average molecular weight is 352 g/mol. The smallest absolute Gasteiger partial charge is 0.280 e. The van der Waals surface area contributed by atoms with Gasteiger partial charge in [0.05, 0.1) is 23.6 Å². The molecule has 7 heteroatoms. The highest BCUT2D eigenvalue weighted by atomic mass is 19.1. The Bertz CT molecular complexity index is 985. The lowest BCUT2D eigenvalue weighted by Crippen LogP contribution is -2.45. The van der Waals surface area contributed by atoms with Gasteiger partial charge < -0.3 is 4.74 Å². The molecule has 6 nitrogen and oxygen atoms in total. The average Bonchev–Trinajstić information content (AvgIpc) is 3.11. The van der Waals surface area contributed by atoms with Crippen molar-refractivity contribution in [2.75, 3.05) is 11.5 Å². The number of halogens is 1. The molecule has 0 fully saturated rings. The summed E-state index contributed by atoms with van der Waals surface area (Å²) < 4.78 is 20.5. The molecule has 0 saturated carbocycles. The maximum atomic E-state index is 13.3. The van der Waals surface area contributed by atoms with E-state index in [1.807, 2.05) is 31.2 Å². The largest absolute Gasteiger partial charge is 0.489 e. The van der Waals surface area contributed by atoms with Crippen molar-refractivity contribution in [1.82, 2.24) is 15.0 Å². The zero-order chi connectivity index (χ0) is 18.3. The van der Waals surface area contributed by atoms with Gasteiger partial charge in [-0.2, -0.15) is 0 Å². The summed E-state index contributed by atoms with van der Waals surface area (Å²) in [6, 6.07) is 11.7. The molecule has 1 aliphatic rings. The third-order valence-electron chi connectivity index (χ3n) is 4.38. The van der Waals surface area contributed by atoms with Crippen LogP contribution in [0, 0.1) is 12.7 Å². The Kier molecular flexibility index (Phi) is 3.91. The van der Waals surface area contributed by atoms with E-state index in [1.165, 1.54) is 16.8 Å². The summed E-state index contributed by atoms with van der Waals surface area (Å²) >= 11 is 0. The Labute approximate surface area is 149 Å². The summed E-state index contributed by atoms with van der Waals surface area (Å²) in [5, 5.41) is 8.07. The van der Waals surface area contributed by atoms with Crippen LogP contribution in [0.25, 0.3) is 5.69 Å². The fourth-order valence-corrected chi connectivity index (χ4v) is 3.09. The first-order valence-electron chi connectivity index (χ1n) is 8.29. The minimum Gasteiger partial charge on any atom is -0.489 e. The summed E-state index contributed by atoms with van der Waals surface area (Å²) in [6.07, 6.45) is 1.56. The zero-order valence-corrected chi connectivity index (χ0v) is 14.4. The number of benzene rings is 2. The minimum atomic E-state index is -0.318. The van der Waals surface area contributed by atoms with Gasteiger partial charge in [-0.25, -0.2) is 9.07 Å². The molecule has 2 heterocycles. The number of fused-ring (bicyclic) bond motifs is 1. The third kappa shape index (κ3) is 2.71. The van der Waals surface area contributed by atoms with Gasteiger partial charge in [-0.1, -0.05) is 17.3 Å². The van der Waals surface area contributed by atoms with Gasteiger partial charge in [0.2, 0.25) is 0 Å². The molecule has 4 rings (SSSR count). The zero-order valence-electron chi connectivity index (χ0n) is 14.4. The second-order valence-corrected chi connectivity index (χ2v) is 6.28. The Morgan fingerprint density at radius 3 is 2.85 bits per heavy atom. The number of anilines is 1. The minimum absolute atomic E-state index is 0.130. The van der Waals surface area contributed by atoms with E-state index in [-0.39, 0.29) is 23.5 Å². The summed E-state index contributed by atoms with van der Waals surface area (Å²) in [5.74, 6) is 0.0985. The second kappa shape index (κ2) is 6.25. The predicted molar refractivity (Wildman–Crippen MR) is 94.3 cm³/mol. The van der Waals surface area contributed by atoms with Crippen LogP contribution in [0.4, 0.5) is 10.1 Å². The fraction of sp³-hybridized carbons (Fsp3) is 0.211. The molecule has 1 unspecified atom stereocenters. The topological polar surface area (TPSA) is 60.2 Å². The molecule has 0 aliphatic carbocycles. The van der Waals surface area contributed by atoms with Crippen molar-refractivity contribution in [3.8, 4) is 11.4 Å². The van der Waals surface area contributed by atoms with Crippen LogP contribution in [0.1, 0.15) is 23.0 Å². The Balaban J connectivity index is 1.69. The molecule has 26 heavy (non-hydrogen) atoms. The molecule has 1 atom stereocenters. The summed E-state index contributed by atoms with van der Waals surface area (Å²) in [7, 11) is 0. The Morgan fingerprint density at radius 1 is 1.23 bits per heavy atom. The predicted octanol–water partition coefficient (Wildman–Crippen LogP) is 3.14. The summed E-state index contributed by atoms with van der Waals surface area (Å²) in [4.78, 5) is 14.7. The van der Waals surface area contributed by atoms with Crippen molar-refractivity contribution in [2.24, 2.45) is 0 Å². The monoisotopic (exact) mass is 352 g/mol. The highest BCUT2D eigenvalue weighted by Gasteiger charge is 2.31. The number of aromatic nitrogens is 3. The molecular weight excluding hydrogens is 335 g/mol. The van der Waals surface area contributed by atoms with Crippen LogP contribution >= 0.6 is 0 Å². The first-order valence-corrected chi connectivity index (χ1v) is 8.29. The van der Waals surface area contributed by atoms with E-state index in [1.54, 1.807) is 24.1 Å². The first-order chi connectivity index (χ1) is 12.5. The quantitative estimate of drug-likeness (QED) is 0.711. The summed E-state index contributed by atoms with van der Waals surface area (Å²) in [6.45, 7) is 4.11. The van der Waals surface area contributed by atoms with Gasteiger partial charge >= 0.3 is 0 Å². The molecule has 0 saturated heterocycles. The van der Waals surface area contributed by atoms with E-state index in [0.717, 1.165) is 0 Å². The highest BCUT2D eigenvalue weighted by molar-refractivity contribution is 6.06. The number of aryl methyl sites for hydroxylation is 1. The van der Waals surface area contributed by atoms with Gasteiger partial charge in [0.25, 0.3) is 5.91 Å². The molecule has 132 valence electrons. The van der Waals surface area contributed by atoms with Crippen LogP contribution in [0.3, 0.4) is 0 Å². The number of hydrogen-bond acceptors (Lipinski definition) is 4. The lowest BCUT2D eigenvalue weighted by atomic mass is 10.1. The van der Waals surface area contributed by atoms with Crippen LogP contribution in [-0.2, 0) is 0 Å². The third-order valence-corrected chi connectivity index (χ3v) is 4.38. The van der Waals surface area contributed by atoms with E-state index in [9.17, 15) is 9.18 Å². The molecule has 1 amide bonds. The number of rotatable bonds is 2. The maximum Gasteiger partial charge on any atom is 0.280 e. The van der Waals surface area contributed by atoms with Gasteiger partial charge in [-0.15, -0.1) is 5.10 Å². The maximum absolute atomic E-state index is 13.3. The van der Waals surface area contributed by atoms with Crippen LogP contribution in [0.5, 0.6) is 5.75 Å². The van der Waals surface area contributed by atoms with Gasteiger partial charge in [-0.3, -0.25) is 9.69 Å². The van der Waals surface area contributed by atoms with E-state index in [2.05, 4.69) is 10.3 Å². The number of amides is 1. The fourth-order valence-electron chi connectivity index (χ4n) is 3.09. The van der Waals surface area contributed by atoms with Gasteiger partial charge in [-0.05, 0) is 49.7 Å². The van der Waals surface area contributed by atoms with E-state index in [4.69, 9.17) is 4.74 Å². The lowest BCUT2D eigenvalue weighted by Gasteiger charge is -2.34. The molecule has 1 aliphatic heterocycles. The first kappa shape index (κ1) is 16.3. The van der Waals surface area contributed by atoms with E-state index >= 15 is 0 Å². The van der Waals surface area contributed by atoms with Crippen LogP contribution in [-0.4, -0.2) is 33.5 Å².